The van der Waals surface area contributed by atoms with Crippen molar-refractivity contribution < 1.29 is 42.9 Å². The van der Waals surface area contributed by atoms with Crippen LogP contribution in [0.2, 0.25) is 0 Å². The van der Waals surface area contributed by atoms with Gasteiger partial charge in [0.25, 0.3) is 5.91 Å². The van der Waals surface area contributed by atoms with Crippen LogP contribution in [0.1, 0.15) is 70.1 Å². The fourth-order valence-corrected chi connectivity index (χ4v) is 4.69. The Kier molecular flexibility index (Phi) is 13.2. The maximum absolute atomic E-state index is 13.6. The summed E-state index contributed by atoms with van der Waals surface area (Å²) in [6.07, 6.45) is 3.29. The van der Waals surface area contributed by atoms with Crippen LogP contribution >= 0.6 is 0 Å². The van der Waals surface area contributed by atoms with Crippen molar-refractivity contribution in [2.24, 2.45) is 5.41 Å². The number of esters is 1. The van der Waals surface area contributed by atoms with Gasteiger partial charge in [0.05, 0.1) is 21.3 Å². The molecular weight excluding hydrogens is 542 g/mol. The van der Waals surface area contributed by atoms with E-state index in [1.807, 2.05) is 49.4 Å². The molecule has 1 aliphatic rings. The second-order valence-electron chi connectivity index (χ2n) is 10.6. The van der Waals surface area contributed by atoms with E-state index in [1.54, 1.807) is 35.2 Å². The van der Waals surface area contributed by atoms with Crippen molar-refractivity contribution in [3.8, 4) is 17.2 Å². The highest BCUT2D eigenvalue weighted by Crippen LogP contribution is 2.32. The van der Waals surface area contributed by atoms with Gasteiger partial charge >= 0.3 is 12.1 Å². The summed E-state index contributed by atoms with van der Waals surface area (Å²) in [5.74, 6) is 0.349. The topological polar surface area (TPSA) is 126 Å². The van der Waals surface area contributed by atoms with Crippen LogP contribution in [0.5, 0.6) is 17.2 Å². The number of aryl methyl sites for hydroxylation is 1. The molecule has 2 atom stereocenters. The summed E-state index contributed by atoms with van der Waals surface area (Å²) in [5, 5.41) is 0. The van der Waals surface area contributed by atoms with Crippen molar-refractivity contribution in [1.29, 1.82) is 0 Å². The van der Waals surface area contributed by atoms with E-state index in [1.165, 1.54) is 4.90 Å². The van der Waals surface area contributed by atoms with Crippen molar-refractivity contribution in [3.05, 3.63) is 53.6 Å². The molecule has 1 aliphatic heterocycles. The van der Waals surface area contributed by atoms with Gasteiger partial charge in [-0.2, -0.15) is 9.59 Å². The Morgan fingerprint density at radius 2 is 1.67 bits per heavy atom. The third-order valence-corrected chi connectivity index (χ3v) is 7.60. The summed E-state index contributed by atoms with van der Waals surface area (Å²) in [5.41, 5.74) is 1.00. The highest BCUT2D eigenvalue weighted by atomic mass is 16.5. The molecule has 42 heavy (non-hydrogen) atoms. The molecule has 1 fully saturated rings. The Morgan fingerprint density at radius 1 is 0.976 bits per heavy atom. The zero-order chi connectivity index (χ0) is 31.3. The first-order valence-corrected chi connectivity index (χ1v) is 14.0. The third kappa shape index (κ3) is 8.91. The van der Waals surface area contributed by atoms with E-state index in [9.17, 15) is 14.4 Å². The van der Waals surface area contributed by atoms with Gasteiger partial charge in [0.15, 0.2) is 11.5 Å². The largest absolute Gasteiger partial charge is 0.497 e. The molecule has 1 amide bonds. The normalized spacial score (nSPS) is 15.3. The molecule has 1 heterocycles. The lowest BCUT2D eigenvalue weighted by Gasteiger charge is -2.36. The van der Waals surface area contributed by atoms with Crippen LogP contribution in [0.3, 0.4) is 0 Å². The number of amides is 1. The predicted molar refractivity (Wildman–Crippen MR) is 153 cm³/mol. The number of benzene rings is 2. The number of nitrogens with zero attached hydrogens (tertiary/aromatic N) is 1. The fourth-order valence-electron chi connectivity index (χ4n) is 4.69. The lowest BCUT2D eigenvalue weighted by Crippen LogP contribution is -2.53. The molecule has 1 saturated heterocycles. The molecule has 0 radical (unpaired) electrons. The average Bonchev–Trinajstić information content (AvgIpc) is 3.02. The lowest BCUT2D eigenvalue weighted by atomic mass is 9.84. The van der Waals surface area contributed by atoms with E-state index < -0.39 is 35.2 Å². The minimum absolute atomic E-state index is 0.250. The van der Waals surface area contributed by atoms with Crippen molar-refractivity contribution in [3.63, 3.8) is 0 Å². The maximum atomic E-state index is 13.6. The average molecular weight is 584 g/mol. The Morgan fingerprint density at radius 3 is 2.29 bits per heavy atom. The van der Waals surface area contributed by atoms with Gasteiger partial charge in [0.1, 0.15) is 17.9 Å². The van der Waals surface area contributed by atoms with Crippen LogP contribution < -0.4 is 14.2 Å². The number of methoxy groups -OCH3 is 3. The number of rotatable bonds is 12. The highest BCUT2D eigenvalue weighted by molar-refractivity contribution is 6.38. The summed E-state index contributed by atoms with van der Waals surface area (Å²) in [4.78, 5) is 57.4. The number of likely N-dealkylation sites (tertiary alicyclic amines) is 1. The van der Waals surface area contributed by atoms with Gasteiger partial charge in [-0.1, -0.05) is 39.0 Å². The molecule has 10 heteroatoms. The number of carbonyl (C=O) groups excluding carboxylic acids is 5. The fraction of sp³-hybridized carbons (Fsp3) is 0.500. The first kappa shape index (κ1) is 34.0. The summed E-state index contributed by atoms with van der Waals surface area (Å²) >= 11 is 0. The minimum atomic E-state index is -0.794. The molecule has 10 nitrogen and oxygen atoms in total. The van der Waals surface area contributed by atoms with Gasteiger partial charge < -0.3 is 23.8 Å². The third-order valence-electron chi connectivity index (χ3n) is 7.60. The summed E-state index contributed by atoms with van der Waals surface area (Å²) in [6, 6.07) is 12.3. The van der Waals surface area contributed by atoms with E-state index in [-0.39, 0.29) is 6.15 Å². The van der Waals surface area contributed by atoms with Crippen molar-refractivity contribution in [2.45, 2.75) is 71.4 Å². The summed E-state index contributed by atoms with van der Waals surface area (Å²) in [7, 11) is 4.77. The van der Waals surface area contributed by atoms with Crippen LogP contribution in [0.25, 0.3) is 0 Å². The number of hydrogen-bond acceptors (Lipinski definition) is 9. The molecule has 0 N–H and O–H groups in total. The van der Waals surface area contributed by atoms with Gasteiger partial charge in [0, 0.05) is 12.0 Å². The quantitative estimate of drug-likeness (QED) is 0.257. The number of hydrogen-bond donors (Lipinski definition) is 0. The first-order chi connectivity index (χ1) is 20.1. The van der Waals surface area contributed by atoms with Gasteiger partial charge in [-0.25, -0.2) is 4.79 Å². The van der Waals surface area contributed by atoms with E-state index in [0.717, 1.165) is 24.0 Å². The molecule has 0 spiro atoms. The number of ether oxygens (including phenoxy) is 4. The lowest BCUT2D eigenvalue weighted by molar-refractivity contribution is -0.191. The van der Waals surface area contributed by atoms with Gasteiger partial charge in [-0.05, 0) is 73.9 Å². The number of piperidine rings is 1. The van der Waals surface area contributed by atoms with E-state index in [0.29, 0.717) is 49.5 Å². The molecule has 2 aromatic rings. The van der Waals surface area contributed by atoms with Crippen LogP contribution in [0.4, 0.5) is 0 Å². The van der Waals surface area contributed by atoms with Crippen LogP contribution in [-0.4, -0.2) is 62.6 Å². The zero-order valence-corrected chi connectivity index (χ0v) is 25.3. The zero-order valence-electron chi connectivity index (χ0n) is 25.3. The Hall–Kier alpha value is -4.17. The minimum Gasteiger partial charge on any atom is -0.497 e. The number of ketones is 1. The Balaban J connectivity index is 0.00000197. The number of carbonyl (C=O) groups is 3. The molecule has 0 aromatic heterocycles. The van der Waals surface area contributed by atoms with Gasteiger partial charge in [-0.3, -0.25) is 9.59 Å². The van der Waals surface area contributed by atoms with Crippen LogP contribution in [0, 0.1) is 5.41 Å². The van der Waals surface area contributed by atoms with Crippen molar-refractivity contribution in [2.75, 3.05) is 27.9 Å². The maximum Gasteiger partial charge on any atom is 0.373 e. The molecule has 0 bridgehead atoms. The molecule has 0 unspecified atom stereocenters. The Bertz CT molecular complexity index is 1250. The summed E-state index contributed by atoms with van der Waals surface area (Å²) < 4.78 is 22.3. The molecule has 228 valence electrons. The van der Waals surface area contributed by atoms with Gasteiger partial charge in [-0.15, -0.1) is 0 Å². The van der Waals surface area contributed by atoms with Crippen molar-refractivity contribution >= 4 is 23.8 Å². The SMILES string of the molecule is CCC(C)(C)C(=O)C(=O)N1CCCC[C@H]1C(=O)O[C@H](CCc1ccc(OC)c(OC)c1)c1cccc(OC)c1.O=C=O. The summed E-state index contributed by atoms with van der Waals surface area (Å²) in [6.45, 7) is 5.76. The van der Waals surface area contributed by atoms with E-state index in [4.69, 9.17) is 28.5 Å². The first-order valence-electron chi connectivity index (χ1n) is 14.0. The second-order valence-corrected chi connectivity index (χ2v) is 10.6. The smallest absolute Gasteiger partial charge is 0.373 e. The molecular formula is C32H41NO9. The molecule has 3 rings (SSSR count). The van der Waals surface area contributed by atoms with Crippen LogP contribution in [-0.2, 0) is 35.1 Å². The Labute approximate surface area is 247 Å². The van der Waals surface area contributed by atoms with E-state index in [2.05, 4.69) is 0 Å². The second kappa shape index (κ2) is 16.3. The van der Waals surface area contributed by atoms with Crippen molar-refractivity contribution in [1.82, 2.24) is 4.90 Å². The van der Waals surface area contributed by atoms with E-state index >= 15 is 0 Å². The van der Waals surface area contributed by atoms with Crippen LogP contribution in [0.15, 0.2) is 42.5 Å². The number of Topliss-reactive ketones (excluding diaryl/α,β-unsaturated/α-hetero) is 1. The predicted octanol–water partition coefficient (Wildman–Crippen LogP) is 4.73. The molecule has 2 aromatic carbocycles. The highest BCUT2D eigenvalue weighted by Gasteiger charge is 2.41. The monoisotopic (exact) mass is 583 g/mol. The molecule has 0 aliphatic carbocycles. The van der Waals surface area contributed by atoms with Gasteiger partial charge in [0.2, 0.25) is 5.78 Å². The standard InChI is InChI=1S/C31H41NO7.CO2/c1-7-31(2,3)28(33)29(34)32-18-9-8-13-24(32)30(35)39-25(22-11-10-12-23(20-22)36-4)16-14-21-15-17-26(37-5)27(19-21)38-6;2-1-3/h10-12,15,17,19-20,24-25H,7-9,13-14,16,18H2,1-6H3;/t24-,25+;/m0./s1. The molecule has 0 saturated carbocycles.